The molecule has 0 saturated carbocycles. The van der Waals surface area contributed by atoms with Gasteiger partial charge in [0.25, 0.3) is 0 Å². The smallest absolute Gasteiger partial charge is 0.317 e. The maximum absolute atomic E-state index is 12.5. The lowest BCUT2D eigenvalue weighted by atomic mass is 10.1. The number of hydrogen-bond acceptors (Lipinski definition) is 4. The Labute approximate surface area is 135 Å². The van der Waals surface area contributed by atoms with E-state index in [4.69, 9.17) is 9.47 Å². The maximum Gasteiger partial charge on any atom is 0.317 e. The third-order valence-electron chi connectivity index (χ3n) is 4.23. The van der Waals surface area contributed by atoms with Crippen LogP contribution in [0.4, 0.5) is 4.79 Å². The van der Waals surface area contributed by atoms with Gasteiger partial charge in [-0.15, -0.1) is 11.3 Å². The van der Waals surface area contributed by atoms with Crippen LogP contribution in [-0.2, 0) is 16.0 Å². The van der Waals surface area contributed by atoms with Gasteiger partial charge in [-0.3, -0.25) is 0 Å². The molecular formula is C16H24N2O3S. The van der Waals surface area contributed by atoms with Crippen LogP contribution in [0.15, 0.2) is 17.5 Å². The molecule has 0 aromatic carbocycles. The van der Waals surface area contributed by atoms with E-state index < -0.39 is 0 Å². The lowest BCUT2D eigenvalue weighted by Crippen LogP contribution is -2.44. The molecule has 5 nitrogen and oxygen atoms in total. The molecule has 2 aliphatic heterocycles. The Balaban J connectivity index is 1.54. The first-order valence-corrected chi connectivity index (χ1v) is 8.94. The van der Waals surface area contributed by atoms with Crippen LogP contribution in [0.25, 0.3) is 0 Å². The van der Waals surface area contributed by atoms with Crippen molar-refractivity contribution in [1.29, 1.82) is 0 Å². The predicted molar refractivity (Wildman–Crippen MR) is 86.0 cm³/mol. The highest BCUT2D eigenvalue weighted by atomic mass is 32.1. The lowest BCUT2D eigenvalue weighted by Gasteiger charge is -2.26. The third-order valence-corrected chi connectivity index (χ3v) is 5.09. The van der Waals surface area contributed by atoms with Gasteiger partial charge in [-0.25, -0.2) is 4.79 Å². The fourth-order valence-electron chi connectivity index (χ4n) is 2.93. The Morgan fingerprint density at radius 1 is 1.41 bits per heavy atom. The Hall–Kier alpha value is -1.11. The van der Waals surface area contributed by atoms with Gasteiger partial charge in [0.1, 0.15) is 0 Å². The summed E-state index contributed by atoms with van der Waals surface area (Å²) in [5, 5.41) is 5.12. The number of hydrogen-bond donors (Lipinski definition) is 1. The van der Waals surface area contributed by atoms with Gasteiger partial charge in [0, 0.05) is 37.1 Å². The first-order chi connectivity index (χ1) is 10.8. The minimum absolute atomic E-state index is 0.0100. The molecule has 3 rings (SSSR count). The largest absolute Gasteiger partial charge is 0.381 e. The van der Waals surface area contributed by atoms with Crippen molar-refractivity contribution in [3.8, 4) is 0 Å². The second-order valence-corrected chi connectivity index (χ2v) is 7.04. The summed E-state index contributed by atoms with van der Waals surface area (Å²) in [5.41, 5.74) is 0. The van der Waals surface area contributed by atoms with Crippen molar-refractivity contribution in [3.05, 3.63) is 22.4 Å². The highest BCUT2D eigenvalue weighted by molar-refractivity contribution is 7.09. The zero-order chi connectivity index (χ0) is 15.2. The van der Waals surface area contributed by atoms with Crippen LogP contribution in [0.1, 0.15) is 24.1 Å². The first-order valence-electron chi connectivity index (χ1n) is 8.06. The number of nitrogens with zero attached hydrogens (tertiary/aromatic N) is 1. The Morgan fingerprint density at radius 2 is 2.36 bits per heavy atom. The van der Waals surface area contributed by atoms with E-state index >= 15 is 0 Å². The quantitative estimate of drug-likeness (QED) is 0.874. The fraction of sp³-hybridized carbons (Fsp3) is 0.688. The van der Waals surface area contributed by atoms with E-state index in [-0.39, 0.29) is 12.1 Å². The number of rotatable bonds is 6. The molecule has 0 radical (unpaired) electrons. The van der Waals surface area contributed by atoms with E-state index in [1.54, 1.807) is 11.3 Å². The van der Waals surface area contributed by atoms with E-state index in [0.717, 1.165) is 39.1 Å². The summed E-state index contributed by atoms with van der Waals surface area (Å²) >= 11 is 1.69. The molecule has 3 heterocycles. The molecule has 0 unspecified atom stereocenters. The van der Waals surface area contributed by atoms with Crippen LogP contribution < -0.4 is 5.32 Å². The van der Waals surface area contributed by atoms with Crippen LogP contribution in [0.2, 0.25) is 0 Å². The van der Waals surface area contributed by atoms with Crippen molar-refractivity contribution in [2.24, 2.45) is 5.92 Å². The molecule has 1 aromatic heterocycles. The van der Waals surface area contributed by atoms with E-state index in [1.807, 2.05) is 16.3 Å². The molecule has 22 heavy (non-hydrogen) atoms. The molecule has 122 valence electrons. The zero-order valence-corrected chi connectivity index (χ0v) is 13.6. The van der Waals surface area contributed by atoms with E-state index in [0.29, 0.717) is 25.6 Å². The molecule has 2 atom stereocenters. The van der Waals surface area contributed by atoms with Gasteiger partial charge in [0.15, 0.2) is 0 Å². The number of amides is 2. The summed E-state index contributed by atoms with van der Waals surface area (Å²) in [5.74, 6) is 0.454. The van der Waals surface area contributed by atoms with Crippen molar-refractivity contribution in [2.75, 3.05) is 32.9 Å². The van der Waals surface area contributed by atoms with Crippen LogP contribution in [0.5, 0.6) is 0 Å². The van der Waals surface area contributed by atoms with Gasteiger partial charge in [0.2, 0.25) is 0 Å². The molecule has 2 aliphatic rings. The number of carbonyl (C=O) groups excluding carboxylic acids is 1. The van der Waals surface area contributed by atoms with Crippen molar-refractivity contribution in [3.63, 3.8) is 0 Å². The maximum atomic E-state index is 12.5. The average Bonchev–Trinajstić information content (AvgIpc) is 3.27. The molecule has 6 heteroatoms. The highest BCUT2D eigenvalue weighted by Crippen LogP contribution is 2.17. The predicted octanol–water partition coefficient (Wildman–Crippen LogP) is 2.48. The third kappa shape index (κ3) is 4.44. The summed E-state index contributed by atoms with van der Waals surface area (Å²) in [6, 6.07) is 4.11. The molecular weight excluding hydrogens is 300 g/mol. The summed E-state index contributed by atoms with van der Waals surface area (Å²) < 4.78 is 11.1. The number of urea groups is 1. The van der Waals surface area contributed by atoms with Gasteiger partial charge in [-0.1, -0.05) is 6.07 Å². The lowest BCUT2D eigenvalue weighted by molar-refractivity contribution is 0.0794. The number of nitrogens with one attached hydrogen (secondary N) is 1. The SMILES string of the molecule is O=C(NC[C@@H]1CCOC1)N(Cc1cccs1)C[C@H]1CCCO1. The summed E-state index contributed by atoms with van der Waals surface area (Å²) in [7, 11) is 0. The van der Waals surface area contributed by atoms with E-state index in [2.05, 4.69) is 11.4 Å². The summed E-state index contributed by atoms with van der Waals surface area (Å²) in [6.07, 6.45) is 3.36. The zero-order valence-electron chi connectivity index (χ0n) is 12.8. The number of carbonyl (C=O) groups is 1. The standard InChI is InChI=1S/C16H24N2O3S/c19-16(17-9-13-5-7-20-12-13)18(10-14-3-1-6-21-14)11-15-4-2-8-22-15/h2,4,8,13-14H,1,3,5-7,9-12H2,(H,17,19)/t13-,14+/m0/s1. The molecule has 1 N–H and O–H groups in total. The van der Waals surface area contributed by atoms with Crippen molar-refractivity contribution in [2.45, 2.75) is 31.9 Å². The normalized spacial score (nSPS) is 24.5. The fourth-order valence-corrected chi connectivity index (χ4v) is 3.65. The molecule has 2 saturated heterocycles. The molecule has 0 spiro atoms. The van der Waals surface area contributed by atoms with Gasteiger partial charge in [-0.2, -0.15) is 0 Å². The Bertz CT molecular complexity index is 454. The summed E-state index contributed by atoms with van der Waals surface area (Å²) in [4.78, 5) is 15.6. The van der Waals surface area contributed by atoms with Crippen LogP contribution in [0, 0.1) is 5.92 Å². The van der Waals surface area contributed by atoms with Gasteiger partial charge in [0.05, 0.1) is 19.3 Å². The first kappa shape index (κ1) is 15.8. The molecule has 0 bridgehead atoms. The van der Waals surface area contributed by atoms with Crippen LogP contribution in [0.3, 0.4) is 0 Å². The summed E-state index contributed by atoms with van der Waals surface area (Å²) in [6.45, 7) is 4.42. The van der Waals surface area contributed by atoms with Gasteiger partial charge in [-0.05, 0) is 30.7 Å². The Kier molecular flexibility index (Phi) is 5.70. The van der Waals surface area contributed by atoms with Gasteiger partial charge < -0.3 is 19.7 Å². The molecule has 1 aromatic rings. The van der Waals surface area contributed by atoms with Crippen molar-refractivity contribution in [1.82, 2.24) is 10.2 Å². The van der Waals surface area contributed by atoms with Crippen molar-refractivity contribution < 1.29 is 14.3 Å². The number of ether oxygens (including phenoxy) is 2. The topological polar surface area (TPSA) is 50.8 Å². The molecule has 2 amide bonds. The Morgan fingerprint density at radius 3 is 3.05 bits per heavy atom. The average molecular weight is 324 g/mol. The minimum Gasteiger partial charge on any atom is -0.381 e. The van der Waals surface area contributed by atoms with Crippen LogP contribution >= 0.6 is 11.3 Å². The minimum atomic E-state index is 0.0100. The van der Waals surface area contributed by atoms with E-state index in [9.17, 15) is 4.79 Å². The highest BCUT2D eigenvalue weighted by Gasteiger charge is 2.24. The van der Waals surface area contributed by atoms with Gasteiger partial charge >= 0.3 is 6.03 Å². The second kappa shape index (κ2) is 7.94. The van der Waals surface area contributed by atoms with Crippen LogP contribution in [-0.4, -0.2) is 49.9 Å². The molecule has 2 fully saturated rings. The van der Waals surface area contributed by atoms with E-state index in [1.165, 1.54) is 4.88 Å². The number of thiophene rings is 1. The van der Waals surface area contributed by atoms with Crippen molar-refractivity contribution >= 4 is 17.4 Å². The monoisotopic (exact) mass is 324 g/mol. The second-order valence-electron chi connectivity index (χ2n) is 6.01. The molecule has 0 aliphatic carbocycles.